The van der Waals surface area contributed by atoms with Gasteiger partial charge in [0.1, 0.15) is 0 Å². The lowest BCUT2D eigenvalue weighted by atomic mass is 9.88. The fourth-order valence-electron chi connectivity index (χ4n) is 1.00. The second kappa shape index (κ2) is 1.88. The predicted octanol–water partition coefficient (Wildman–Crippen LogP) is 1.88. The third kappa shape index (κ3) is 1.32. The molecule has 0 saturated heterocycles. The fraction of sp³-hybridized carbons (Fsp3) is 0.857. The summed E-state index contributed by atoms with van der Waals surface area (Å²) in [5.74, 6) is 0. The van der Waals surface area contributed by atoms with Crippen LogP contribution in [0.3, 0.4) is 0 Å². The quantitative estimate of drug-likeness (QED) is 0.452. The minimum absolute atomic E-state index is 0.387. The minimum atomic E-state index is 0.387. The van der Waals surface area contributed by atoms with E-state index in [4.69, 9.17) is 0 Å². The molecule has 0 saturated carbocycles. The molecule has 0 amide bonds. The van der Waals surface area contributed by atoms with Crippen molar-refractivity contribution in [3.05, 3.63) is 0 Å². The van der Waals surface area contributed by atoms with Crippen molar-refractivity contribution in [2.24, 2.45) is 10.4 Å². The summed E-state index contributed by atoms with van der Waals surface area (Å²) < 4.78 is 0. The third-order valence-corrected chi connectivity index (χ3v) is 1.55. The molecule has 0 aromatic heterocycles. The molecule has 0 aliphatic carbocycles. The van der Waals surface area contributed by atoms with Crippen molar-refractivity contribution in [2.75, 3.05) is 6.54 Å². The van der Waals surface area contributed by atoms with Crippen molar-refractivity contribution in [1.29, 1.82) is 0 Å². The van der Waals surface area contributed by atoms with Crippen molar-refractivity contribution < 1.29 is 0 Å². The molecule has 46 valence electrons. The second-order valence-electron chi connectivity index (χ2n) is 3.13. The van der Waals surface area contributed by atoms with Crippen molar-refractivity contribution in [3.8, 4) is 0 Å². The Morgan fingerprint density at radius 3 is 2.50 bits per heavy atom. The summed E-state index contributed by atoms with van der Waals surface area (Å²) in [6, 6.07) is 0. The number of nitrogens with zero attached hydrogens (tertiary/aromatic N) is 1. The Hall–Kier alpha value is -0.330. The zero-order valence-corrected chi connectivity index (χ0v) is 5.65. The fourth-order valence-corrected chi connectivity index (χ4v) is 1.00. The van der Waals surface area contributed by atoms with Gasteiger partial charge in [0.05, 0.1) is 0 Å². The highest BCUT2D eigenvalue weighted by Gasteiger charge is 2.16. The lowest BCUT2D eigenvalue weighted by molar-refractivity contribution is 0.451. The van der Waals surface area contributed by atoms with Crippen LogP contribution in [-0.4, -0.2) is 12.8 Å². The smallest absolute Gasteiger partial charge is 0.0385 e. The summed E-state index contributed by atoms with van der Waals surface area (Å²) in [5, 5.41) is 0. The molecule has 1 heterocycles. The molecule has 1 aliphatic rings. The Balaban J connectivity index is 2.56. The van der Waals surface area contributed by atoms with Gasteiger partial charge in [0.2, 0.25) is 0 Å². The van der Waals surface area contributed by atoms with E-state index in [2.05, 4.69) is 25.1 Å². The highest BCUT2D eigenvalue weighted by atomic mass is 14.7. The maximum atomic E-state index is 4.20. The maximum Gasteiger partial charge on any atom is 0.0385 e. The number of aliphatic imine (C=N–C) groups is 1. The van der Waals surface area contributed by atoms with Crippen LogP contribution in [0.4, 0.5) is 0 Å². The third-order valence-electron chi connectivity index (χ3n) is 1.55. The Labute approximate surface area is 50.8 Å². The van der Waals surface area contributed by atoms with E-state index in [1.165, 1.54) is 12.8 Å². The molecular weight excluding hydrogens is 98.1 g/mol. The van der Waals surface area contributed by atoms with Crippen molar-refractivity contribution in [3.63, 3.8) is 0 Å². The molecule has 0 radical (unpaired) electrons. The zero-order valence-electron chi connectivity index (χ0n) is 5.65. The molecular formula is C7H13N. The van der Waals surface area contributed by atoms with Gasteiger partial charge in [-0.25, -0.2) is 0 Å². The predicted molar refractivity (Wildman–Crippen MR) is 36.4 cm³/mol. The Morgan fingerprint density at radius 1 is 1.50 bits per heavy atom. The van der Waals surface area contributed by atoms with Crippen molar-refractivity contribution in [2.45, 2.75) is 26.7 Å². The lowest BCUT2D eigenvalue weighted by Gasteiger charge is -2.21. The molecule has 0 fully saturated rings. The molecule has 8 heavy (non-hydrogen) atoms. The monoisotopic (exact) mass is 111 g/mol. The van der Waals surface area contributed by atoms with E-state index in [9.17, 15) is 0 Å². The van der Waals surface area contributed by atoms with Gasteiger partial charge in [-0.3, -0.25) is 4.99 Å². The SMILES string of the molecule is CC1(C)C=NCCC1. The summed E-state index contributed by atoms with van der Waals surface area (Å²) in [6.07, 6.45) is 4.65. The maximum absolute atomic E-state index is 4.20. The van der Waals surface area contributed by atoms with Crippen molar-refractivity contribution in [1.82, 2.24) is 0 Å². The summed E-state index contributed by atoms with van der Waals surface area (Å²) in [4.78, 5) is 4.20. The van der Waals surface area contributed by atoms with Gasteiger partial charge in [-0.1, -0.05) is 13.8 Å². The molecule has 0 spiro atoms. The molecule has 1 heteroatoms. The van der Waals surface area contributed by atoms with Gasteiger partial charge in [-0.2, -0.15) is 0 Å². The van der Waals surface area contributed by atoms with E-state index in [1.807, 2.05) is 0 Å². The lowest BCUT2D eigenvalue weighted by Crippen LogP contribution is -2.17. The van der Waals surface area contributed by atoms with Crippen LogP contribution in [0.5, 0.6) is 0 Å². The number of hydrogen-bond donors (Lipinski definition) is 0. The van der Waals surface area contributed by atoms with Crippen LogP contribution in [0.2, 0.25) is 0 Å². The van der Waals surface area contributed by atoms with Crippen LogP contribution < -0.4 is 0 Å². The van der Waals surface area contributed by atoms with E-state index in [1.54, 1.807) is 0 Å². The zero-order chi connectivity index (χ0) is 6.04. The first-order valence-electron chi connectivity index (χ1n) is 3.22. The average Bonchev–Trinajstić information content (AvgIpc) is 1.65. The number of hydrogen-bond acceptors (Lipinski definition) is 1. The molecule has 0 atom stereocenters. The Morgan fingerprint density at radius 2 is 2.25 bits per heavy atom. The van der Waals surface area contributed by atoms with Gasteiger partial charge in [0.15, 0.2) is 0 Å². The second-order valence-corrected chi connectivity index (χ2v) is 3.13. The number of rotatable bonds is 0. The molecule has 1 aliphatic heterocycles. The summed E-state index contributed by atoms with van der Waals surface area (Å²) in [7, 11) is 0. The van der Waals surface area contributed by atoms with Gasteiger partial charge >= 0.3 is 0 Å². The molecule has 0 N–H and O–H groups in total. The summed E-state index contributed by atoms with van der Waals surface area (Å²) in [6.45, 7) is 5.51. The van der Waals surface area contributed by atoms with E-state index >= 15 is 0 Å². The first-order valence-corrected chi connectivity index (χ1v) is 3.22. The largest absolute Gasteiger partial charge is 0.297 e. The molecule has 0 aromatic rings. The molecule has 0 aromatic carbocycles. The van der Waals surface area contributed by atoms with E-state index in [0.29, 0.717) is 5.41 Å². The molecule has 1 rings (SSSR count). The van der Waals surface area contributed by atoms with Crippen LogP contribution in [0, 0.1) is 5.41 Å². The summed E-state index contributed by atoms with van der Waals surface area (Å²) >= 11 is 0. The molecule has 0 unspecified atom stereocenters. The van der Waals surface area contributed by atoms with E-state index in [-0.39, 0.29) is 0 Å². The van der Waals surface area contributed by atoms with Crippen LogP contribution in [-0.2, 0) is 0 Å². The first kappa shape index (κ1) is 5.80. The highest BCUT2D eigenvalue weighted by Crippen LogP contribution is 2.22. The van der Waals surface area contributed by atoms with Gasteiger partial charge in [-0.05, 0) is 18.3 Å². The van der Waals surface area contributed by atoms with Gasteiger partial charge in [0.25, 0.3) is 0 Å². The summed E-state index contributed by atoms with van der Waals surface area (Å²) in [5.41, 5.74) is 0.387. The van der Waals surface area contributed by atoms with Crippen molar-refractivity contribution >= 4 is 6.21 Å². The van der Waals surface area contributed by atoms with E-state index < -0.39 is 0 Å². The Kier molecular flexibility index (Phi) is 1.37. The van der Waals surface area contributed by atoms with Crippen LogP contribution >= 0.6 is 0 Å². The standard InChI is InChI=1S/C7H13N/c1-7(2)4-3-5-8-6-7/h6H,3-5H2,1-2H3. The van der Waals surface area contributed by atoms with Gasteiger partial charge < -0.3 is 0 Å². The highest BCUT2D eigenvalue weighted by molar-refractivity contribution is 5.65. The van der Waals surface area contributed by atoms with Crippen LogP contribution in [0.25, 0.3) is 0 Å². The molecule has 1 nitrogen and oxygen atoms in total. The first-order chi connectivity index (χ1) is 3.71. The minimum Gasteiger partial charge on any atom is -0.297 e. The van der Waals surface area contributed by atoms with Gasteiger partial charge in [0, 0.05) is 12.8 Å². The average molecular weight is 111 g/mol. The van der Waals surface area contributed by atoms with Crippen LogP contribution in [0.1, 0.15) is 26.7 Å². The topological polar surface area (TPSA) is 12.4 Å². The Bertz CT molecular complexity index is 103. The normalized spacial score (nSPS) is 25.8. The van der Waals surface area contributed by atoms with E-state index in [0.717, 1.165) is 6.54 Å². The molecule has 0 bridgehead atoms. The van der Waals surface area contributed by atoms with Crippen LogP contribution in [0.15, 0.2) is 4.99 Å². The van der Waals surface area contributed by atoms with Gasteiger partial charge in [-0.15, -0.1) is 0 Å².